The molecule has 2 heterocycles. The minimum atomic E-state index is -0.109. The van der Waals surface area contributed by atoms with E-state index in [0.717, 1.165) is 16.6 Å². The summed E-state index contributed by atoms with van der Waals surface area (Å²) in [5.74, 6) is 0. The van der Waals surface area contributed by atoms with Crippen molar-refractivity contribution in [3.63, 3.8) is 0 Å². The lowest BCUT2D eigenvalue weighted by Gasteiger charge is -2.45. The van der Waals surface area contributed by atoms with Gasteiger partial charge in [0.1, 0.15) is 0 Å². The highest BCUT2D eigenvalue weighted by Crippen LogP contribution is 2.38. The highest BCUT2D eigenvalue weighted by Gasteiger charge is 2.43. The van der Waals surface area contributed by atoms with E-state index in [0.29, 0.717) is 19.8 Å². The lowest BCUT2D eigenvalue weighted by atomic mass is 9.75. The van der Waals surface area contributed by atoms with Gasteiger partial charge in [0.2, 0.25) is 0 Å². The van der Waals surface area contributed by atoms with Crippen LogP contribution in [0.2, 0.25) is 0 Å². The van der Waals surface area contributed by atoms with E-state index in [-0.39, 0.29) is 11.5 Å². The summed E-state index contributed by atoms with van der Waals surface area (Å²) >= 11 is 0. The van der Waals surface area contributed by atoms with Gasteiger partial charge in [0.15, 0.2) is 0 Å². The van der Waals surface area contributed by atoms with Crippen LogP contribution in [0, 0.1) is 5.41 Å². The lowest BCUT2D eigenvalue weighted by Crippen LogP contribution is -2.54. The summed E-state index contributed by atoms with van der Waals surface area (Å²) in [6, 6.07) is 6.07. The minimum absolute atomic E-state index is 0.0948. The summed E-state index contributed by atoms with van der Waals surface area (Å²) in [4.78, 5) is 4.36. The Kier molecular flexibility index (Phi) is 2.62. The van der Waals surface area contributed by atoms with Crippen molar-refractivity contribution >= 4 is 11.0 Å². The molecule has 5 heteroatoms. The van der Waals surface area contributed by atoms with Crippen LogP contribution in [0.1, 0.15) is 11.6 Å². The maximum absolute atomic E-state index is 6.35. The molecular formula is C13H18N4O. The van der Waals surface area contributed by atoms with E-state index in [1.165, 1.54) is 0 Å². The molecule has 96 valence electrons. The van der Waals surface area contributed by atoms with E-state index in [1.807, 2.05) is 17.9 Å². The lowest BCUT2D eigenvalue weighted by molar-refractivity contribution is -0.121. The molecule has 1 unspecified atom stereocenters. The predicted molar refractivity (Wildman–Crippen MR) is 69.9 cm³/mol. The molecule has 2 aromatic rings. The van der Waals surface area contributed by atoms with Crippen molar-refractivity contribution in [3.8, 4) is 0 Å². The molecule has 0 amide bonds. The number of rotatable bonds is 3. The molecule has 1 atom stereocenters. The molecule has 1 aromatic heterocycles. The summed E-state index contributed by atoms with van der Waals surface area (Å²) in [5.41, 5.74) is 15.2. The third-order valence-corrected chi connectivity index (χ3v) is 3.95. The van der Waals surface area contributed by atoms with Crippen molar-refractivity contribution < 1.29 is 4.74 Å². The molecule has 1 aliphatic heterocycles. The van der Waals surface area contributed by atoms with Gasteiger partial charge in [0, 0.05) is 25.0 Å². The molecular weight excluding hydrogens is 228 g/mol. The fraction of sp³-hybridized carbons (Fsp3) is 0.462. The Hall–Kier alpha value is -1.43. The summed E-state index contributed by atoms with van der Waals surface area (Å²) in [6.07, 6.45) is 1.81. The van der Waals surface area contributed by atoms with Crippen molar-refractivity contribution in [2.24, 2.45) is 23.9 Å². The van der Waals surface area contributed by atoms with Gasteiger partial charge < -0.3 is 20.8 Å². The molecule has 18 heavy (non-hydrogen) atoms. The molecule has 1 saturated heterocycles. The number of hydrogen-bond acceptors (Lipinski definition) is 4. The van der Waals surface area contributed by atoms with Crippen molar-refractivity contribution in [2.45, 2.75) is 6.04 Å². The summed E-state index contributed by atoms with van der Waals surface area (Å²) in [5, 5.41) is 0. The first-order valence-electron chi connectivity index (χ1n) is 6.11. The number of nitrogens with zero attached hydrogens (tertiary/aromatic N) is 2. The third kappa shape index (κ3) is 1.55. The maximum atomic E-state index is 6.35. The first kappa shape index (κ1) is 11.6. The highest BCUT2D eigenvalue weighted by atomic mass is 16.5. The molecule has 0 radical (unpaired) electrons. The molecule has 0 spiro atoms. The second kappa shape index (κ2) is 4.05. The smallest absolute Gasteiger partial charge is 0.0955 e. The molecule has 0 bridgehead atoms. The van der Waals surface area contributed by atoms with Crippen molar-refractivity contribution in [1.29, 1.82) is 0 Å². The van der Waals surface area contributed by atoms with Crippen LogP contribution in [0.5, 0.6) is 0 Å². The zero-order valence-corrected chi connectivity index (χ0v) is 10.5. The molecule has 0 aliphatic carbocycles. The number of benzene rings is 1. The number of fused-ring (bicyclic) bond motifs is 1. The van der Waals surface area contributed by atoms with Crippen LogP contribution in [0.15, 0.2) is 24.5 Å². The fourth-order valence-corrected chi connectivity index (χ4v) is 2.49. The molecule has 5 nitrogen and oxygen atoms in total. The van der Waals surface area contributed by atoms with Crippen LogP contribution in [0.4, 0.5) is 0 Å². The first-order valence-corrected chi connectivity index (χ1v) is 6.11. The van der Waals surface area contributed by atoms with Crippen LogP contribution >= 0.6 is 0 Å². The molecule has 1 fully saturated rings. The zero-order valence-electron chi connectivity index (χ0n) is 10.5. The van der Waals surface area contributed by atoms with E-state index < -0.39 is 0 Å². The van der Waals surface area contributed by atoms with Crippen LogP contribution in [-0.4, -0.2) is 29.3 Å². The first-order chi connectivity index (χ1) is 8.66. The summed E-state index contributed by atoms with van der Waals surface area (Å²) in [6.45, 7) is 1.84. The maximum Gasteiger partial charge on any atom is 0.0955 e. The normalized spacial score (nSPS) is 19.7. The van der Waals surface area contributed by atoms with E-state index in [1.54, 1.807) is 0 Å². The van der Waals surface area contributed by atoms with Gasteiger partial charge in [-0.3, -0.25) is 0 Å². The monoisotopic (exact) mass is 246 g/mol. The Balaban J connectivity index is 1.98. The average molecular weight is 246 g/mol. The summed E-state index contributed by atoms with van der Waals surface area (Å²) in [7, 11) is 1.98. The van der Waals surface area contributed by atoms with Crippen molar-refractivity contribution in [2.75, 3.05) is 19.8 Å². The number of aromatic nitrogens is 2. The summed E-state index contributed by atoms with van der Waals surface area (Å²) < 4.78 is 7.28. The van der Waals surface area contributed by atoms with Crippen molar-refractivity contribution in [3.05, 3.63) is 30.1 Å². The van der Waals surface area contributed by atoms with Gasteiger partial charge in [-0.2, -0.15) is 0 Å². The Morgan fingerprint density at radius 1 is 1.50 bits per heavy atom. The number of aryl methyl sites for hydroxylation is 1. The van der Waals surface area contributed by atoms with Crippen LogP contribution in [0.3, 0.4) is 0 Å². The van der Waals surface area contributed by atoms with Gasteiger partial charge in [0.25, 0.3) is 0 Å². The predicted octanol–water partition coefficient (Wildman–Crippen LogP) is 0.548. The minimum Gasteiger partial charge on any atom is -0.380 e. The quantitative estimate of drug-likeness (QED) is 0.829. The van der Waals surface area contributed by atoms with Gasteiger partial charge in [0.05, 0.1) is 30.6 Å². The topological polar surface area (TPSA) is 79.1 Å². The number of imidazole rings is 1. The zero-order chi connectivity index (χ0) is 12.8. The van der Waals surface area contributed by atoms with E-state index in [9.17, 15) is 0 Å². The Morgan fingerprint density at radius 3 is 2.89 bits per heavy atom. The number of nitrogens with two attached hydrogens (primary N) is 2. The van der Waals surface area contributed by atoms with Gasteiger partial charge in [-0.05, 0) is 17.7 Å². The van der Waals surface area contributed by atoms with Gasteiger partial charge in [-0.1, -0.05) is 6.07 Å². The molecule has 1 aromatic carbocycles. The molecule has 4 N–H and O–H groups in total. The highest BCUT2D eigenvalue weighted by molar-refractivity contribution is 5.76. The van der Waals surface area contributed by atoms with Crippen LogP contribution < -0.4 is 11.5 Å². The standard InChI is InChI=1S/C13H18N4O/c1-17-8-16-10-4-9(2-3-11(10)17)12(15)13(5-14)6-18-7-13/h2-4,8,12H,5-7,14-15H2,1H3. The van der Waals surface area contributed by atoms with Gasteiger partial charge in [-0.15, -0.1) is 0 Å². The van der Waals surface area contributed by atoms with Crippen LogP contribution in [-0.2, 0) is 11.8 Å². The van der Waals surface area contributed by atoms with E-state index in [4.69, 9.17) is 16.2 Å². The number of hydrogen-bond donors (Lipinski definition) is 2. The second-order valence-electron chi connectivity index (χ2n) is 5.14. The van der Waals surface area contributed by atoms with Gasteiger partial charge in [-0.25, -0.2) is 4.98 Å². The number of ether oxygens (including phenoxy) is 1. The fourth-order valence-electron chi connectivity index (χ4n) is 2.49. The average Bonchev–Trinajstić information content (AvgIpc) is 2.70. The van der Waals surface area contributed by atoms with Crippen LogP contribution in [0.25, 0.3) is 11.0 Å². The van der Waals surface area contributed by atoms with Crippen molar-refractivity contribution in [1.82, 2.24) is 9.55 Å². The van der Waals surface area contributed by atoms with Gasteiger partial charge >= 0.3 is 0 Å². The molecule has 0 saturated carbocycles. The van der Waals surface area contributed by atoms with E-state index in [2.05, 4.69) is 23.2 Å². The van der Waals surface area contributed by atoms with E-state index >= 15 is 0 Å². The second-order valence-corrected chi connectivity index (χ2v) is 5.14. The molecule has 3 rings (SSSR count). The SMILES string of the molecule is Cn1cnc2cc(C(N)C3(CN)COC3)ccc21. The Labute approximate surface area is 106 Å². The molecule has 1 aliphatic rings. The Bertz CT molecular complexity index is 568. The third-order valence-electron chi connectivity index (χ3n) is 3.95. The Morgan fingerprint density at radius 2 is 2.28 bits per heavy atom. The largest absolute Gasteiger partial charge is 0.380 e.